The molecule has 17 heavy (non-hydrogen) atoms. The maximum atomic E-state index is 5.25. The molecular weight excluding hydrogens is 236 g/mol. The van der Waals surface area contributed by atoms with Gasteiger partial charge in [0.1, 0.15) is 6.54 Å². The Morgan fingerprint density at radius 2 is 1.94 bits per heavy atom. The van der Waals surface area contributed by atoms with Crippen LogP contribution in [0.3, 0.4) is 0 Å². The first kappa shape index (κ1) is 15.9. The van der Waals surface area contributed by atoms with E-state index >= 15 is 0 Å². The van der Waals surface area contributed by atoms with Crippen LogP contribution in [-0.4, -0.2) is 25.4 Å². The molecule has 96 valence electrons. The summed E-state index contributed by atoms with van der Waals surface area (Å²) < 4.78 is 0. The van der Waals surface area contributed by atoms with E-state index in [0.717, 1.165) is 24.4 Å². The van der Waals surface area contributed by atoms with Crippen LogP contribution in [0.1, 0.15) is 25.8 Å². The van der Waals surface area contributed by atoms with Crippen molar-refractivity contribution in [1.29, 1.82) is 0 Å². The maximum absolute atomic E-state index is 5.25. The quantitative estimate of drug-likeness (QED) is 0.356. The lowest BCUT2D eigenvalue weighted by Crippen LogP contribution is -3.00. The average molecular weight is 257 g/mol. The number of rotatable bonds is 7. The second-order valence-corrected chi connectivity index (χ2v) is 3.74. The van der Waals surface area contributed by atoms with Gasteiger partial charge in [-0.05, 0) is 18.9 Å². The number of quaternary nitrogens is 1. The van der Waals surface area contributed by atoms with Crippen LogP contribution in [0.15, 0.2) is 35.5 Å². The van der Waals surface area contributed by atoms with Crippen LogP contribution in [0, 0.1) is 0 Å². The van der Waals surface area contributed by atoms with Gasteiger partial charge in [-0.15, -0.1) is 0 Å². The molecule has 0 aliphatic carbocycles. The molecule has 1 aromatic carbocycles. The summed E-state index contributed by atoms with van der Waals surface area (Å²) in [4.78, 5) is 5.25. The summed E-state index contributed by atoms with van der Waals surface area (Å²) in [6.07, 6.45) is 1.20. The first-order valence-corrected chi connectivity index (χ1v) is 5.88. The van der Waals surface area contributed by atoms with Crippen molar-refractivity contribution in [3.8, 4) is 0 Å². The highest BCUT2D eigenvalue weighted by Gasteiger charge is 1.96. The Balaban J connectivity index is 0.00000256. The Hall–Kier alpha value is -1.06. The summed E-state index contributed by atoms with van der Waals surface area (Å²) in [6, 6.07) is 10.1. The van der Waals surface area contributed by atoms with Crippen LogP contribution < -0.4 is 17.7 Å². The predicted molar refractivity (Wildman–Crippen MR) is 66.6 cm³/mol. The number of benzene rings is 1. The van der Waals surface area contributed by atoms with Crippen molar-refractivity contribution in [1.82, 2.24) is 0 Å². The van der Waals surface area contributed by atoms with Gasteiger partial charge in [0.05, 0.1) is 12.3 Å². The van der Waals surface area contributed by atoms with E-state index in [1.807, 2.05) is 37.3 Å². The molecule has 1 aromatic rings. The van der Waals surface area contributed by atoms with Crippen LogP contribution in [0.4, 0.5) is 0 Å². The Morgan fingerprint density at radius 3 is 2.59 bits per heavy atom. The van der Waals surface area contributed by atoms with Crippen molar-refractivity contribution in [3.63, 3.8) is 0 Å². The minimum atomic E-state index is 0. The van der Waals surface area contributed by atoms with Crippen molar-refractivity contribution in [3.05, 3.63) is 35.9 Å². The van der Waals surface area contributed by atoms with Crippen LogP contribution in [0.2, 0.25) is 0 Å². The van der Waals surface area contributed by atoms with E-state index in [4.69, 9.17) is 4.84 Å². The third-order valence-electron chi connectivity index (χ3n) is 2.30. The van der Waals surface area contributed by atoms with Gasteiger partial charge >= 0.3 is 0 Å². The highest BCUT2D eigenvalue weighted by Crippen LogP contribution is 2.00. The second-order valence-electron chi connectivity index (χ2n) is 3.74. The Labute approximate surface area is 110 Å². The third kappa shape index (κ3) is 6.97. The molecule has 0 saturated carbocycles. The van der Waals surface area contributed by atoms with E-state index in [1.54, 1.807) is 0 Å². The number of hydrogen-bond donors (Lipinski definition) is 1. The van der Waals surface area contributed by atoms with Gasteiger partial charge in [0, 0.05) is 0 Å². The van der Waals surface area contributed by atoms with E-state index < -0.39 is 0 Å². The van der Waals surface area contributed by atoms with Gasteiger partial charge in [-0.1, -0.05) is 42.4 Å². The minimum absolute atomic E-state index is 0. The summed E-state index contributed by atoms with van der Waals surface area (Å²) in [6.45, 7) is 6.94. The number of nitrogens with zero attached hydrogens (tertiary/aromatic N) is 1. The summed E-state index contributed by atoms with van der Waals surface area (Å²) in [7, 11) is 0. The minimum Gasteiger partial charge on any atom is -1.00 e. The molecule has 0 radical (unpaired) electrons. The lowest BCUT2D eigenvalue weighted by Gasteiger charge is -2.02. The molecule has 0 saturated heterocycles. The number of nitrogens with two attached hydrogens (primary N) is 1. The Bertz CT molecular complexity index is 314. The van der Waals surface area contributed by atoms with Crippen molar-refractivity contribution >= 4 is 5.71 Å². The van der Waals surface area contributed by atoms with Gasteiger partial charge in [-0.25, -0.2) is 0 Å². The van der Waals surface area contributed by atoms with E-state index in [0.29, 0.717) is 6.61 Å². The molecule has 4 heteroatoms. The number of hydrogen-bond acceptors (Lipinski definition) is 2. The summed E-state index contributed by atoms with van der Waals surface area (Å²) in [5.41, 5.74) is 2.04. The van der Waals surface area contributed by atoms with Crippen molar-refractivity contribution in [2.75, 3.05) is 19.7 Å². The smallest absolute Gasteiger partial charge is 0.165 e. The summed E-state index contributed by atoms with van der Waals surface area (Å²) >= 11 is 0. The normalized spacial score (nSPS) is 10.8. The van der Waals surface area contributed by atoms with Crippen molar-refractivity contribution in [2.45, 2.75) is 20.3 Å². The molecule has 0 fully saturated rings. The predicted octanol–water partition coefficient (Wildman–Crippen LogP) is -1.60. The van der Waals surface area contributed by atoms with E-state index in [1.165, 1.54) is 6.42 Å². The molecule has 0 bridgehead atoms. The lowest BCUT2D eigenvalue weighted by atomic mass is 10.1. The fraction of sp³-hybridized carbons (Fsp3) is 0.462. The monoisotopic (exact) mass is 256 g/mol. The van der Waals surface area contributed by atoms with E-state index in [2.05, 4.69) is 17.4 Å². The van der Waals surface area contributed by atoms with Crippen molar-refractivity contribution < 1.29 is 22.6 Å². The number of halogens is 1. The molecule has 0 atom stereocenters. The highest BCUT2D eigenvalue weighted by atomic mass is 35.5. The molecular formula is C13H21ClN2O. The van der Waals surface area contributed by atoms with Gasteiger partial charge in [0.25, 0.3) is 0 Å². The van der Waals surface area contributed by atoms with Gasteiger partial charge in [0.2, 0.25) is 0 Å². The molecule has 1 rings (SSSR count). The maximum Gasteiger partial charge on any atom is 0.165 e. The first-order valence-electron chi connectivity index (χ1n) is 5.88. The van der Waals surface area contributed by atoms with Gasteiger partial charge in [0.15, 0.2) is 6.61 Å². The fourth-order valence-corrected chi connectivity index (χ4v) is 1.36. The van der Waals surface area contributed by atoms with Crippen molar-refractivity contribution in [2.24, 2.45) is 5.16 Å². The molecule has 0 amide bonds. The average Bonchev–Trinajstić information content (AvgIpc) is 2.34. The summed E-state index contributed by atoms with van der Waals surface area (Å²) in [5, 5.41) is 6.33. The zero-order valence-corrected chi connectivity index (χ0v) is 11.3. The SMILES string of the molecule is CCC[NH2+]CCO/N=C(\C)c1ccccc1.[Cl-]. The van der Waals surface area contributed by atoms with Gasteiger partial charge < -0.3 is 22.6 Å². The molecule has 0 aliphatic rings. The van der Waals surface area contributed by atoms with Crippen LogP contribution >= 0.6 is 0 Å². The number of oxime groups is 1. The van der Waals surface area contributed by atoms with Crippen LogP contribution in [0.5, 0.6) is 0 Å². The molecule has 3 nitrogen and oxygen atoms in total. The largest absolute Gasteiger partial charge is 1.00 e. The molecule has 0 unspecified atom stereocenters. The Morgan fingerprint density at radius 1 is 1.24 bits per heavy atom. The molecule has 2 N–H and O–H groups in total. The van der Waals surface area contributed by atoms with Crippen LogP contribution in [-0.2, 0) is 4.84 Å². The second kappa shape index (κ2) is 10.1. The highest BCUT2D eigenvalue weighted by molar-refractivity contribution is 5.98. The van der Waals surface area contributed by atoms with E-state index in [9.17, 15) is 0 Å². The molecule has 0 heterocycles. The molecule has 0 aliphatic heterocycles. The van der Waals surface area contributed by atoms with Gasteiger partial charge in [-0.2, -0.15) is 0 Å². The summed E-state index contributed by atoms with van der Waals surface area (Å²) in [5.74, 6) is 0. The van der Waals surface area contributed by atoms with Gasteiger partial charge in [-0.3, -0.25) is 0 Å². The lowest BCUT2D eigenvalue weighted by molar-refractivity contribution is -0.656. The zero-order chi connectivity index (χ0) is 11.6. The molecule has 0 spiro atoms. The fourth-order valence-electron chi connectivity index (χ4n) is 1.36. The topological polar surface area (TPSA) is 38.2 Å². The van der Waals surface area contributed by atoms with E-state index in [-0.39, 0.29) is 12.4 Å². The third-order valence-corrected chi connectivity index (χ3v) is 2.30. The zero-order valence-electron chi connectivity index (χ0n) is 10.5. The standard InChI is InChI=1S/C13H20N2O.ClH/c1-3-9-14-10-11-16-15-12(2)13-7-5-4-6-8-13;/h4-8,14H,3,9-11H2,1-2H3;1H/b15-12+;. The Kier molecular flexibility index (Phi) is 9.49. The van der Waals surface area contributed by atoms with Crippen LogP contribution in [0.25, 0.3) is 0 Å². The molecule has 0 aromatic heterocycles. The first-order chi connectivity index (χ1) is 7.84.